The van der Waals surface area contributed by atoms with Crippen LogP contribution in [0, 0.1) is 17.8 Å². The molecule has 1 fully saturated rings. The van der Waals surface area contributed by atoms with Gasteiger partial charge < -0.3 is 15.3 Å². The number of allylic oxidation sites excluding steroid dienone is 6. The van der Waals surface area contributed by atoms with Gasteiger partial charge >= 0.3 is 0 Å². The highest BCUT2D eigenvalue weighted by Crippen LogP contribution is 2.48. The topological polar surface area (TPSA) is 94.8 Å². The molecule has 32 heavy (non-hydrogen) atoms. The van der Waals surface area contributed by atoms with Crippen LogP contribution in [0.15, 0.2) is 46.5 Å². The van der Waals surface area contributed by atoms with Crippen LogP contribution in [0.25, 0.3) is 0 Å². The predicted molar refractivity (Wildman–Crippen MR) is 127 cm³/mol. The van der Waals surface area contributed by atoms with E-state index in [9.17, 15) is 24.9 Å². The monoisotopic (exact) mass is 444 g/mol. The first-order chi connectivity index (χ1) is 14.9. The van der Waals surface area contributed by atoms with Crippen molar-refractivity contribution in [1.82, 2.24) is 0 Å². The Bertz CT molecular complexity index is 851. The van der Waals surface area contributed by atoms with Crippen molar-refractivity contribution in [3.63, 3.8) is 0 Å². The standard InChI is InChI=1S/C27H40O5/c1-7-8-9-10-22(28)23-25(30)19(12-11-16(2)3)24(29)20(26(23)31)15-21-18(17(4)5)13-14-27(21,6)32/h11,18-19,21,29,31-32H,4,7-10,12-15H2,1-3,5-6H3/t18-,19+,21+,27+/m1/s1. The Kier molecular flexibility index (Phi) is 8.69. The average molecular weight is 445 g/mol. The maximum atomic E-state index is 13.2. The Morgan fingerprint density at radius 1 is 1.22 bits per heavy atom. The number of aliphatic hydroxyl groups excluding tert-OH is 2. The van der Waals surface area contributed by atoms with Crippen LogP contribution in [0.1, 0.15) is 86.0 Å². The van der Waals surface area contributed by atoms with Crippen LogP contribution in [0.5, 0.6) is 0 Å². The summed E-state index contributed by atoms with van der Waals surface area (Å²) in [5.41, 5.74) is 0.988. The van der Waals surface area contributed by atoms with Gasteiger partial charge in [-0.1, -0.05) is 43.6 Å². The molecule has 1 saturated carbocycles. The lowest BCUT2D eigenvalue weighted by Crippen LogP contribution is -2.35. The number of rotatable bonds is 10. The van der Waals surface area contributed by atoms with Gasteiger partial charge in [0, 0.05) is 12.0 Å². The second kappa shape index (κ2) is 10.7. The van der Waals surface area contributed by atoms with Crippen LogP contribution in [0.3, 0.4) is 0 Å². The number of hydrogen-bond acceptors (Lipinski definition) is 5. The molecule has 0 radical (unpaired) electrons. The molecule has 178 valence electrons. The maximum Gasteiger partial charge on any atom is 0.181 e. The number of unbranched alkanes of at least 4 members (excludes halogenated alkanes) is 2. The largest absolute Gasteiger partial charge is 0.511 e. The molecule has 0 aromatic carbocycles. The molecule has 0 aromatic heterocycles. The van der Waals surface area contributed by atoms with Crippen molar-refractivity contribution in [1.29, 1.82) is 0 Å². The Hall–Kier alpha value is -2.14. The van der Waals surface area contributed by atoms with Gasteiger partial charge in [-0.2, -0.15) is 0 Å². The second-order valence-electron chi connectivity index (χ2n) is 10.1. The van der Waals surface area contributed by atoms with Gasteiger partial charge in [0.25, 0.3) is 0 Å². The summed E-state index contributed by atoms with van der Waals surface area (Å²) < 4.78 is 0. The first-order valence-corrected chi connectivity index (χ1v) is 11.9. The average Bonchev–Trinajstić information content (AvgIpc) is 2.99. The van der Waals surface area contributed by atoms with Gasteiger partial charge in [0.2, 0.25) is 0 Å². The number of carbonyl (C=O) groups excluding carboxylic acids is 2. The van der Waals surface area contributed by atoms with Crippen LogP contribution >= 0.6 is 0 Å². The van der Waals surface area contributed by atoms with E-state index < -0.39 is 23.1 Å². The van der Waals surface area contributed by atoms with Crippen LogP contribution in [0.2, 0.25) is 0 Å². The van der Waals surface area contributed by atoms with Crippen molar-refractivity contribution in [2.24, 2.45) is 17.8 Å². The highest BCUT2D eigenvalue weighted by Gasteiger charge is 2.47. The molecule has 0 aromatic rings. The molecule has 5 nitrogen and oxygen atoms in total. The molecule has 0 aliphatic heterocycles. The third-order valence-corrected chi connectivity index (χ3v) is 7.08. The number of hydrogen-bond donors (Lipinski definition) is 3. The van der Waals surface area contributed by atoms with Crippen LogP contribution in [0.4, 0.5) is 0 Å². The quantitative estimate of drug-likeness (QED) is 0.216. The van der Waals surface area contributed by atoms with Gasteiger partial charge in [-0.25, -0.2) is 0 Å². The molecule has 0 bridgehead atoms. The van der Waals surface area contributed by atoms with Crippen molar-refractivity contribution < 1.29 is 24.9 Å². The van der Waals surface area contributed by atoms with Gasteiger partial charge in [-0.15, -0.1) is 0 Å². The number of ketones is 2. The van der Waals surface area contributed by atoms with E-state index >= 15 is 0 Å². The zero-order valence-electron chi connectivity index (χ0n) is 20.3. The fourth-order valence-corrected chi connectivity index (χ4v) is 5.04. The minimum Gasteiger partial charge on any atom is -0.511 e. The SMILES string of the molecule is C=C(C)[C@H]1CC[C@](C)(O)[C@H]1CC1=C(O)[C@H](CC=C(C)C)C(=O)C(C(=O)CCCCC)=C1O. The van der Waals surface area contributed by atoms with Gasteiger partial charge in [-0.05, 0) is 71.6 Å². The summed E-state index contributed by atoms with van der Waals surface area (Å²) in [7, 11) is 0. The Balaban J connectivity index is 2.51. The molecule has 4 atom stereocenters. The van der Waals surface area contributed by atoms with Gasteiger partial charge in [0.05, 0.1) is 11.5 Å². The van der Waals surface area contributed by atoms with E-state index in [4.69, 9.17) is 0 Å². The van der Waals surface area contributed by atoms with Crippen molar-refractivity contribution >= 4 is 11.6 Å². The molecule has 3 N–H and O–H groups in total. The van der Waals surface area contributed by atoms with E-state index in [2.05, 4.69) is 6.58 Å². The van der Waals surface area contributed by atoms with Crippen molar-refractivity contribution in [3.05, 3.63) is 46.5 Å². The predicted octanol–water partition coefficient (Wildman–Crippen LogP) is 6.06. The van der Waals surface area contributed by atoms with Gasteiger partial charge in [0.15, 0.2) is 11.6 Å². The molecule has 0 unspecified atom stereocenters. The number of aliphatic hydroxyl groups is 3. The summed E-state index contributed by atoms with van der Waals surface area (Å²) in [6.07, 6.45) is 6.34. The van der Waals surface area contributed by atoms with Gasteiger partial charge in [0.1, 0.15) is 17.1 Å². The fourth-order valence-electron chi connectivity index (χ4n) is 5.04. The van der Waals surface area contributed by atoms with Crippen LogP contribution in [-0.4, -0.2) is 32.5 Å². The van der Waals surface area contributed by atoms with E-state index in [0.29, 0.717) is 12.8 Å². The second-order valence-corrected chi connectivity index (χ2v) is 10.1. The first kappa shape index (κ1) is 26.1. The zero-order valence-corrected chi connectivity index (χ0v) is 20.3. The van der Waals surface area contributed by atoms with Crippen molar-refractivity contribution in [2.45, 2.75) is 91.6 Å². The Morgan fingerprint density at radius 2 is 1.88 bits per heavy atom. The van der Waals surface area contributed by atoms with Crippen LogP contribution < -0.4 is 0 Å². The molecule has 0 heterocycles. The molecule has 2 aliphatic carbocycles. The molecule has 2 rings (SSSR count). The van der Waals surface area contributed by atoms with E-state index in [1.165, 1.54) is 0 Å². The molecular weight excluding hydrogens is 404 g/mol. The first-order valence-electron chi connectivity index (χ1n) is 11.9. The summed E-state index contributed by atoms with van der Waals surface area (Å²) in [5, 5.41) is 33.1. The Labute approximate surface area is 192 Å². The third kappa shape index (κ3) is 5.61. The zero-order chi connectivity index (χ0) is 24.2. The fraction of sp³-hybridized carbons (Fsp3) is 0.630. The van der Waals surface area contributed by atoms with E-state index in [1.807, 2.05) is 33.8 Å². The van der Waals surface area contributed by atoms with E-state index in [0.717, 1.165) is 30.4 Å². The maximum absolute atomic E-state index is 13.2. The van der Waals surface area contributed by atoms with Crippen molar-refractivity contribution in [3.8, 4) is 0 Å². The van der Waals surface area contributed by atoms with E-state index in [-0.39, 0.29) is 53.8 Å². The highest BCUT2D eigenvalue weighted by molar-refractivity contribution is 6.23. The number of Topliss-reactive ketones (excluding diaryl/α,β-unsaturated/α-hetero) is 2. The van der Waals surface area contributed by atoms with Crippen LogP contribution in [-0.2, 0) is 9.59 Å². The summed E-state index contributed by atoms with van der Waals surface area (Å²) in [5.74, 6) is -2.61. The minimum atomic E-state index is -0.987. The molecule has 2 aliphatic rings. The molecule has 0 amide bonds. The lowest BCUT2D eigenvalue weighted by Gasteiger charge is -2.33. The van der Waals surface area contributed by atoms with Gasteiger partial charge in [-0.3, -0.25) is 9.59 Å². The highest BCUT2D eigenvalue weighted by atomic mass is 16.3. The molecule has 0 spiro atoms. The smallest absolute Gasteiger partial charge is 0.181 e. The lowest BCUT2D eigenvalue weighted by atomic mass is 9.74. The summed E-state index contributed by atoms with van der Waals surface area (Å²) in [6.45, 7) is 13.6. The summed E-state index contributed by atoms with van der Waals surface area (Å²) in [4.78, 5) is 26.1. The normalized spacial score (nSPS) is 28.3. The number of carbonyl (C=O) groups is 2. The minimum absolute atomic E-state index is 0.0377. The molecular formula is C27H40O5. The Morgan fingerprint density at radius 3 is 2.44 bits per heavy atom. The van der Waals surface area contributed by atoms with Crippen molar-refractivity contribution in [2.75, 3.05) is 0 Å². The third-order valence-electron chi connectivity index (χ3n) is 7.08. The summed E-state index contributed by atoms with van der Waals surface area (Å²) in [6, 6.07) is 0. The molecule has 5 heteroatoms. The summed E-state index contributed by atoms with van der Waals surface area (Å²) >= 11 is 0. The van der Waals surface area contributed by atoms with E-state index in [1.54, 1.807) is 6.92 Å². The lowest BCUT2D eigenvalue weighted by molar-refractivity contribution is -0.124. The molecule has 0 saturated heterocycles.